The molecule has 86 valence electrons. The van der Waals surface area contributed by atoms with E-state index >= 15 is 0 Å². The number of hydrogen-bond donors (Lipinski definition) is 0. The van der Waals surface area contributed by atoms with Crippen molar-refractivity contribution in [2.75, 3.05) is 30.4 Å². The topological polar surface area (TPSA) is 23.6 Å². The van der Waals surface area contributed by atoms with E-state index in [9.17, 15) is 4.79 Å². The molecule has 0 bridgehead atoms. The molecule has 1 heterocycles. The maximum Gasteiger partial charge on any atom is 0.324 e. The third-order valence-corrected chi connectivity index (χ3v) is 2.90. The monoisotopic (exact) mass is 238 g/mol. The van der Waals surface area contributed by atoms with E-state index < -0.39 is 0 Å². The molecule has 0 spiro atoms. The van der Waals surface area contributed by atoms with E-state index in [1.165, 1.54) is 0 Å². The van der Waals surface area contributed by atoms with E-state index in [0.29, 0.717) is 12.4 Å². The molecule has 0 saturated carbocycles. The molecule has 4 heteroatoms. The van der Waals surface area contributed by atoms with Gasteiger partial charge in [0.05, 0.1) is 0 Å². The largest absolute Gasteiger partial charge is 0.324 e. The molecule has 0 aliphatic carbocycles. The number of para-hydroxylation sites is 1. The molecule has 1 aromatic rings. The summed E-state index contributed by atoms with van der Waals surface area (Å²) in [6, 6.07) is 9.84. The first-order valence-corrected chi connectivity index (χ1v) is 6.04. The second-order valence-corrected chi connectivity index (χ2v) is 4.18. The van der Waals surface area contributed by atoms with Crippen LogP contribution in [-0.2, 0) is 0 Å². The van der Waals surface area contributed by atoms with Crippen LogP contribution in [0.1, 0.15) is 6.42 Å². The summed E-state index contributed by atoms with van der Waals surface area (Å²) in [7, 11) is 0. The Hall–Kier alpha value is -1.22. The minimum atomic E-state index is 0.0677. The molecule has 0 aromatic heterocycles. The normalized spacial score (nSPS) is 16.7. The summed E-state index contributed by atoms with van der Waals surface area (Å²) in [5.74, 6) is 0.494. The van der Waals surface area contributed by atoms with Crippen LogP contribution >= 0.6 is 11.6 Å². The highest BCUT2D eigenvalue weighted by Gasteiger charge is 2.25. The summed E-state index contributed by atoms with van der Waals surface area (Å²) in [5, 5.41) is 0. The number of nitrogens with zero attached hydrogens (tertiary/aromatic N) is 2. The van der Waals surface area contributed by atoms with Gasteiger partial charge in [0, 0.05) is 31.2 Å². The number of urea groups is 1. The molecule has 1 aliphatic rings. The lowest BCUT2D eigenvalue weighted by molar-refractivity contribution is 0.199. The number of amides is 2. The van der Waals surface area contributed by atoms with Gasteiger partial charge in [0.1, 0.15) is 0 Å². The van der Waals surface area contributed by atoms with Crippen LogP contribution in [-0.4, -0.2) is 36.4 Å². The van der Waals surface area contributed by atoms with E-state index in [4.69, 9.17) is 11.6 Å². The Bertz CT molecular complexity index is 353. The van der Waals surface area contributed by atoms with Gasteiger partial charge in [0.25, 0.3) is 0 Å². The van der Waals surface area contributed by atoms with Crippen LogP contribution in [0.15, 0.2) is 30.3 Å². The maximum absolute atomic E-state index is 12.1. The highest BCUT2D eigenvalue weighted by molar-refractivity contribution is 6.18. The minimum Gasteiger partial charge on any atom is -0.323 e. The van der Waals surface area contributed by atoms with Crippen molar-refractivity contribution < 1.29 is 4.79 Å². The number of carbonyl (C=O) groups excluding carboxylic acids is 1. The lowest BCUT2D eigenvalue weighted by Gasteiger charge is -2.35. The molecule has 2 amide bonds. The summed E-state index contributed by atoms with van der Waals surface area (Å²) in [6.07, 6.45) is 0.998. The summed E-state index contributed by atoms with van der Waals surface area (Å²) in [5.41, 5.74) is 0.965. The Morgan fingerprint density at radius 3 is 2.62 bits per heavy atom. The smallest absolute Gasteiger partial charge is 0.323 e. The number of benzene rings is 1. The van der Waals surface area contributed by atoms with Crippen LogP contribution in [0.4, 0.5) is 10.5 Å². The maximum atomic E-state index is 12.1. The second-order valence-electron chi connectivity index (χ2n) is 3.80. The molecule has 0 unspecified atom stereocenters. The minimum absolute atomic E-state index is 0.0677. The molecule has 0 radical (unpaired) electrons. The molecule has 16 heavy (non-hydrogen) atoms. The quantitative estimate of drug-likeness (QED) is 0.743. The molecule has 2 rings (SSSR count). The predicted molar refractivity (Wildman–Crippen MR) is 66.1 cm³/mol. The van der Waals surface area contributed by atoms with Gasteiger partial charge in [-0.25, -0.2) is 4.79 Å². The zero-order chi connectivity index (χ0) is 11.4. The van der Waals surface area contributed by atoms with Gasteiger partial charge >= 0.3 is 6.03 Å². The second kappa shape index (κ2) is 5.21. The van der Waals surface area contributed by atoms with Crippen LogP contribution in [0.3, 0.4) is 0 Å². The van der Waals surface area contributed by atoms with Crippen LogP contribution in [0.5, 0.6) is 0 Å². The Kier molecular flexibility index (Phi) is 3.67. The Balaban J connectivity index is 2.13. The number of rotatable bonds is 3. The van der Waals surface area contributed by atoms with E-state index in [1.54, 1.807) is 0 Å². The van der Waals surface area contributed by atoms with Gasteiger partial charge in [-0.15, -0.1) is 11.6 Å². The molecular weight excluding hydrogens is 224 g/mol. The Morgan fingerprint density at radius 2 is 1.94 bits per heavy atom. The van der Waals surface area contributed by atoms with E-state index in [0.717, 1.165) is 25.2 Å². The Labute approximate surface area is 101 Å². The predicted octanol–water partition coefficient (Wildman–Crippen LogP) is 2.56. The lowest BCUT2D eigenvalue weighted by Crippen LogP contribution is -2.50. The lowest BCUT2D eigenvalue weighted by atomic mass is 10.2. The number of carbonyl (C=O) groups is 1. The van der Waals surface area contributed by atoms with Gasteiger partial charge in [-0.1, -0.05) is 18.2 Å². The Morgan fingerprint density at radius 1 is 1.19 bits per heavy atom. The van der Waals surface area contributed by atoms with Gasteiger partial charge < -0.3 is 4.90 Å². The zero-order valence-electron chi connectivity index (χ0n) is 9.10. The summed E-state index contributed by atoms with van der Waals surface area (Å²) >= 11 is 5.68. The summed E-state index contributed by atoms with van der Waals surface area (Å²) in [6.45, 7) is 2.24. The van der Waals surface area contributed by atoms with Crippen molar-refractivity contribution in [2.24, 2.45) is 0 Å². The highest BCUT2D eigenvalue weighted by atomic mass is 35.5. The number of anilines is 1. The molecule has 1 aliphatic heterocycles. The molecule has 1 saturated heterocycles. The van der Waals surface area contributed by atoms with Crippen molar-refractivity contribution >= 4 is 23.3 Å². The number of hydrogen-bond acceptors (Lipinski definition) is 1. The molecule has 3 nitrogen and oxygen atoms in total. The first-order valence-electron chi connectivity index (χ1n) is 5.50. The molecule has 1 fully saturated rings. The fourth-order valence-corrected chi connectivity index (χ4v) is 2.14. The first kappa shape index (κ1) is 11.3. The third-order valence-electron chi connectivity index (χ3n) is 2.73. The average molecular weight is 239 g/mol. The SMILES string of the molecule is O=C1N(CCCl)CCCN1c1ccccc1. The summed E-state index contributed by atoms with van der Waals surface area (Å²) < 4.78 is 0. The van der Waals surface area contributed by atoms with Gasteiger partial charge in [0.15, 0.2) is 0 Å². The molecule has 0 N–H and O–H groups in total. The van der Waals surface area contributed by atoms with Crippen molar-refractivity contribution in [3.05, 3.63) is 30.3 Å². The van der Waals surface area contributed by atoms with E-state index in [-0.39, 0.29) is 6.03 Å². The van der Waals surface area contributed by atoms with Crippen molar-refractivity contribution in [1.29, 1.82) is 0 Å². The van der Waals surface area contributed by atoms with Gasteiger partial charge in [0.2, 0.25) is 0 Å². The van der Waals surface area contributed by atoms with Crippen molar-refractivity contribution in [3.63, 3.8) is 0 Å². The van der Waals surface area contributed by atoms with Crippen LogP contribution < -0.4 is 4.90 Å². The fourth-order valence-electron chi connectivity index (χ4n) is 1.94. The third kappa shape index (κ3) is 2.30. The molecule has 0 atom stereocenters. The van der Waals surface area contributed by atoms with Gasteiger partial charge in [-0.3, -0.25) is 4.90 Å². The standard InChI is InChI=1S/C12H15ClN2O/c13-7-10-14-8-4-9-15(12(14)16)11-5-2-1-3-6-11/h1-3,5-6H,4,7-10H2. The van der Waals surface area contributed by atoms with Crippen molar-refractivity contribution in [2.45, 2.75) is 6.42 Å². The van der Waals surface area contributed by atoms with Crippen LogP contribution in [0.25, 0.3) is 0 Å². The van der Waals surface area contributed by atoms with Gasteiger partial charge in [-0.05, 0) is 18.6 Å². The van der Waals surface area contributed by atoms with Crippen LogP contribution in [0.2, 0.25) is 0 Å². The highest BCUT2D eigenvalue weighted by Crippen LogP contribution is 2.19. The summed E-state index contributed by atoms with van der Waals surface area (Å²) in [4.78, 5) is 15.7. The first-order chi connectivity index (χ1) is 7.83. The van der Waals surface area contributed by atoms with Crippen LogP contribution in [0, 0.1) is 0 Å². The van der Waals surface area contributed by atoms with Gasteiger partial charge in [-0.2, -0.15) is 0 Å². The average Bonchev–Trinajstić information content (AvgIpc) is 2.33. The molecule has 1 aromatic carbocycles. The molecular formula is C12H15ClN2O. The number of halogens is 1. The van der Waals surface area contributed by atoms with E-state index in [1.807, 2.05) is 40.1 Å². The van der Waals surface area contributed by atoms with Crippen molar-refractivity contribution in [1.82, 2.24) is 4.90 Å². The fraction of sp³-hybridized carbons (Fsp3) is 0.417. The van der Waals surface area contributed by atoms with Crippen molar-refractivity contribution in [3.8, 4) is 0 Å². The van der Waals surface area contributed by atoms with E-state index in [2.05, 4.69) is 0 Å². The zero-order valence-corrected chi connectivity index (χ0v) is 9.86. The number of alkyl halides is 1.